The van der Waals surface area contributed by atoms with Gasteiger partial charge in [-0.2, -0.15) is 13.2 Å². The SMILES string of the molecule is O=C(O)c1ccc(-c2ccc(F)c(F)c2)cc1C(F)(F)F. The van der Waals surface area contributed by atoms with Crippen LogP contribution in [0.3, 0.4) is 0 Å². The van der Waals surface area contributed by atoms with Gasteiger partial charge in [0, 0.05) is 0 Å². The van der Waals surface area contributed by atoms with Gasteiger partial charge < -0.3 is 5.11 Å². The summed E-state index contributed by atoms with van der Waals surface area (Å²) in [4.78, 5) is 10.8. The van der Waals surface area contributed by atoms with Crippen molar-refractivity contribution in [3.05, 3.63) is 59.2 Å². The molecule has 0 aromatic heterocycles. The summed E-state index contributed by atoms with van der Waals surface area (Å²) in [5, 5.41) is 8.76. The van der Waals surface area contributed by atoms with Gasteiger partial charge in [0.25, 0.3) is 0 Å². The Kier molecular flexibility index (Phi) is 3.67. The molecule has 0 bridgehead atoms. The Morgan fingerprint density at radius 3 is 2.00 bits per heavy atom. The van der Waals surface area contributed by atoms with Crippen molar-refractivity contribution in [1.29, 1.82) is 0 Å². The Labute approximate surface area is 115 Å². The molecule has 0 saturated carbocycles. The van der Waals surface area contributed by atoms with Crippen LogP contribution in [0.25, 0.3) is 11.1 Å². The van der Waals surface area contributed by atoms with Crippen molar-refractivity contribution < 1.29 is 31.9 Å². The third kappa shape index (κ3) is 3.01. The highest BCUT2D eigenvalue weighted by molar-refractivity contribution is 5.90. The van der Waals surface area contributed by atoms with E-state index in [2.05, 4.69) is 0 Å². The zero-order valence-electron chi connectivity index (χ0n) is 10.2. The summed E-state index contributed by atoms with van der Waals surface area (Å²) in [6.07, 6.45) is -4.87. The number of hydrogen-bond donors (Lipinski definition) is 1. The summed E-state index contributed by atoms with van der Waals surface area (Å²) in [6.45, 7) is 0. The standard InChI is InChI=1S/C14H7F5O2/c15-11-4-2-8(6-12(11)16)7-1-3-9(13(20)21)10(5-7)14(17,18)19/h1-6H,(H,20,21). The average molecular weight is 302 g/mol. The van der Waals surface area contributed by atoms with Crippen LogP contribution in [0.15, 0.2) is 36.4 Å². The highest BCUT2D eigenvalue weighted by Crippen LogP contribution is 2.35. The topological polar surface area (TPSA) is 37.3 Å². The molecule has 1 N–H and O–H groups in total. The van der Waals surface area contributed by atoms with E-state index in [1.54, 1.807) is 0 Å². The second-order valence-corrected chi connectivity index (χ2v) is 4.19. The van der Waals surface area contributed by atoms with Gasteiger partial charge in [-0.1, -0.05) is 12.1 Å². The zero-order chi connectivity index (χ0) is 15.8. The van der Waals surface area contributed by atoms with Gasteiger partial charge in [0.1, 0.15) is 0 Å². The van der Waals surface area contributed by atoms with E-state index in [0.29, 0.717) is 6.07 Å². The lowest BCUT2D eigenvalue weighted by atomic mass is 9.98. The Balaban J connectivity index is 2.61. The van der Waals surface area contributed by atoms with Crippen molar-refractivity contribution >= 4 is 5.97 Å². The van der Waals surface area contributed by atoms with E-state index in [-0.39, 0.29) is 11.1 Å². The van der Waals surface area contributed by atoms with E-state index >= 15 is 0 Å². The first kappa shape index (κ1) is 15.0. The molecule has 2 rings (SSSR count). The van der Waals surface area contributed by atoms with Gasteiger partial charge in [-0.05, 0) is 35.4 Å². The van der Waals surface area contributed by atoms with Gasteiger partial charge in [0.2, 0.25) is 0 Å². The Bertz CT molecular complexity index is 707. The number of rotatable bonds is 2. The van der Waals surface area contributed by atoms with Crippen LogP contribution in [0, 0.1) is 11.6 Å². The van der Waals surface area contributed by atoms with E-state index in [1.807, 2.05) is 0 Å². The number of carbonyl (C=O) groups is 1. The summed E-state index contributed by atoms with van der Waals surface area (Å²) in [5.41, 5.74) is -2.31. The summed E-state index contributed by atoms with van der Waals surface area (Å²) in [7, 11) is 0. The van der Waals surface area contributed by atoms with Crippen molar-refractivity contribution in [2.75, 3.05) is 0 Å². The molecule has 0 aliphatic heterocycles. The lowest BCUT2D eigenvalue weighted by Crippen LogP contribution is -2.13. The minimum Gasteiger partial charge on any atom is -0.478 e. The number of carboxylic acids is 1. The van der Waals surface area contributed by atoms with Crippen LogP contribution in [0.2, 0.25) is 0 Å². The highest BCUT2D eigenvalue weighted by Gasteiger charge is 2.35. The van der Waals surface area contributed by atoms with E-state index in [0.717, 1.165) is 30.3 Å². The van der Waals surface area contributed by atoms with Crippen molar-refractivity contribution in [2.45, 2.75) is 6.18 Å². The first-order valence-corrected chi connectivity index (χ1v) is 5.60. The number of carboxylic acid groups (broad SMARTS) is 1. The van der Waals surface area contributed by atoms with Crippen molar-refractivity contribution in [2.24, 2.45) is 0 Å². The molecule has 2 aromatic carbocycles. The average Bonchev–Trinajstić information content (AvgIpc) is 2.40. The van der Waals surface area contributed by atoms with E-state index < -0.39 is 34.9 Å². The molecule has 0 aliphatic carbocycles. The van der Waals surface area contributed by atoms with E-state index in [1.165, 1.54) is 0 Å². The second-order valence-electron chi connectivity index (χ2n) is 4.19. The smallest absolute Gasteiger partial charge is 0.417 e. The Hall–Kier alpha value is -2.44. The molecule has 0 heterocycles. The van der Waals surface area contributed by atoms with Crippen molar-refractivity contribution in [1.82, 2.24) is 0 Å². The molecular formula is C14H7F5O2. The van der Waals surface area contributed by atoms with E-state index in [4.69, 9.17) is 5.11 Å². The lowest BCUT2D eigenvalue weighted by Gasteiger charge is -2.12. The fourth-order valence-corrected chi connectivity index (χ4v) is 1.82. The quantitative estimate of drug-likeness (QED) is 0.837. The maximum absolute atomic E-state index is 13.1. The van der Waals surface area contributed by atoms with Crippen LogP contribution >= 0.6 is 0 Å². The van der Waals surface area contributed by atoms with Crippen LogP contribution in [0.1, 0.15) is 15.9 Å². The monoisotopic (exact) mass is 302 g/mol. The first-order chi connectivity index (χ1) is 9.70. The minimum atomic E-state index is -4.87. The molecule has 110 valence electrons. The molecule has 0 atom stereocenters. The number of halogens is 5. The third-order valence-electron chi connectivity index (χ3n) is 2.81. The van der Waals surface area contributed by atoms with E-state index in [9.17, 15) is 26.7 Å². The van der Waals surface area contributed by atoms with Crippen molar-refractivity contribution in [3.8, 4) is 11.1 Å². The van der Waals surface area contributed by atoms with Crippen LogP contribution in [-0.2, 0) is 6.18 Å². The summed E-state index contributed by atoms with van der Waals surface area (Å²) < 4.78 is 64.5. The molecule has 0 spiro atoms. The number of alkyl halides is 3. The van der Waals surface area contributed by atoms with Gasteiger partial charge in [0.15, 0.2) is 11.6 Å². The molecule has 0 amide bonds. The number of aromatic carboxylic acids is 1. The predicted octanol–water partition coefficient (Wildman–Crippen LogP) is 4.35. The Morgan fingerprint density at radius 2 is 1.48 bits per heavy atom. The minimum absolute atomic E-state index is 0.0105. The number of benzene rings is 2. The summed E-state index contributed by atoms with van der Waals surface area (Å²) >= 11 is 0. The molecule has 0 aliphatic rings. The van der Waals surface area contributed by atoms with Gasteiger partial charge in [-0.25, -0.2) is 13.6 Å². The molecule has 7 heteroatoms. The largest absolute Gasteiger partial charge is 0.478 e. The summed E-state index contributed by atoms with van der Waals surface area (Å²) in [5.74, 6) is -4.06. The van der Waals surface area contributed by atoms with Crippen LogP contribution < -0.4 is 0 Å². The molecule has 0 saturated heterocycles. The zero-order valence-corrected chi connectivity index (χ0v) is 10.2. The lowest BCUT2D eigenvalue weighted by molar-refractivity contribution is -0.138. The van der Waals surface area contributed by atoms with Crippen LogP contribution in [0.4, 0.5) is 22.0 Å². The molecule has 0 unspecified atom stereocenters. The summed E-state index contributed by atoms with van der Waals surface area (Å²) in [6, 6.07) is 5.10. The van der Waals surface area contributed by atoms with Gasteiger partial charge in [-0.3, -0.25) is 0 Å². The first-order valence-electron chi connectivity index (χ1n) is 5.60. The molecule has 0 fully saturated rings. The molecule has 2 nitrogen and oxygen atoms in total. The van der Waals surface area contributed by atoms with Crippen LogP contribution in [0.5, 0.6) is 0 Å². The third-order valence-corrected chi connectivity index (χ3v) is 2.81. The second kappa shape index (κ2) is 5.16. The van der Waals surface area contributed by atoms with Crippen LogP contribution in [-0.4, -0.2) is 11.1 Å². The van der Waals surface area contributed by atoms with Gasteiger partial charge in [-0.15, -0.1) is 0 Å². The van der Waals surface area contributed by atoms with Gasteiger partial charge >= 0.3 is 12.1 Å². The number of hydrogen-bond acceptors (Lipinski definition) is 1. The highest BCUT2D eigenvalue weighted by atomic mass is 19.4. The Morgan fingerprint density at radius 1 is 0.905 bits per heavy atom. The van der Waals surface area contributed by atoms with Gasteiger partial charge in [0.05, 0.1) is 11.1 Å². The maximum Gasteiger partial charge on any atom is 0.417 e. The maximum atomic E-state index is 13.1. The predicted molar refractivity (Wildman–Crippen MR) is 63.8 cm³/mol. The fourth-order valence-electron chi connectivity index (χ4n) is 1.82. The van der Waals surface area contributed by atoms with Crippen molar-refractivity contribution in [3.63, 3.8) is 0 Å². The fraction of sp³-hybridized carbons (Fsp3) is 0.0714. The molecular weight excluding hydrogens is 295 g/mol. The normalized spacial score (nSPS) is 11.5. The molecule has 21 heavy (non-hydrogen) atoms. The molecule has 0 radical (unpaired) electrons. The molecule has 2 aromatic rings.